The van der Waals surface area contributed by atoms with E-state index < -0.39 is 0 Å². The fourth-order valence-corrected chi connectivity index (χ4v) is 2.80. The summed E-state index contributed by atoms with van der Waals surface area (Å²) in [5.74, 6) is 1.21. The van der Waals surface area contributed by atoms with Crippen molar-refractivity contribution >= 4 is 11.6 Å². The topological polar surface area (TPSA) is 60.5 Å². The first-order valence-corrected chi connectivity index (χ1v) is 8.48. The first-order chi connectivity index (χ1) is 12.8. The van der Waals surface area contributed by atoms with Gasteiger partial charge in [0.05, 0.1) is 18.5 Å². The van der Waals surface area contributed by atoms with E-state index in [1.54, 1.807) is 24.4 Å². The van der Waals surface area contributed by atoms with Crippen molar-refractivity contribution in [1.82, 2.24) is 4.98 Å². The van der Waals surface area contributed by atoms with E-state index in [4.69, 9.17) is 9.47 Å². The highest BCUT2D eigenvalue weighted by atomic mass is 16.5. The number of nitrogens with zero attached hydrogens (tertiary/aromatic N) is 1. The van der Waals surface area contributed by atoms with Crippen molar-refractivity contribution in [3.63, 3.8) is 0 Å². The van der Waals surface area contributed by atoms with Crippen molar-refractivity contribution in [2.24, 2.45) is 0 Å². The maximum atomic E-state index is 12.4. The molecule has 130 valence electrons. The van der Waals surface area contributed by atoms with E-state index in [0.717, 1.165) is 23.3 Å². The van der Waals surface area contributed by atoms with E-state index in [1.807, 2.05) is 42.5 Å². The van der Waals surface area contributed by atoms with Crippen molar-refractivity contribution in [3.05, 3.63) is 83.6 Å². The first-order valence-electron chi connectivity index (χ1n) is 8.48. The molecule has 0 unspecified atom stereocenters. The molecule has 5 heteroatoms. The van der Waals surface area contributed by atoms with Crippen LogP contribution in [0.15, 0.2) is 66.9 Å². The number of amides is 1. The Morgan fingerprint density at radius 2 is 2.00 bits per heavy atom. The van der Waals surface area contributed by atoms with Crippen LogP contribution >= 0.6 is 0 Å². The van der Waals surface area contributed by atoms with Crippen LogP contribution in [0.2, 0.25) is 0 Å². The van der Waals surface area contributed by atoms with Crippen molar-refractivity contribution in [3.8, 4) is 11.6 Å². The molecule has 3 aromatic rings. The number of carbonyl (C=O) groups is 1. The lowest BCUT2D eigenvalue weighted by molar-refractivity contribution is 0.102. The number of pyridine rings is 1. The van der Waals surface area contributed by atoms with Gasteiger partial charge in [0, 0.05) is 18.1 Å². The molecule has 5 nitrogen and oxygen atoms in total. The summed E-state index contributed by atoms with van der Waals surface area (Å²) in [5, 5.41) is 2.85. The second kappa shape index (κ2) is 7.27. The highest BCUT2D eigenvalue weighted by Crippen LogP contribution is 2.26. The Morgan fingerprint density at radius 3 is 2.81 bits per heavy atom. The van der Waals surface area contributed by atoms with Crippen LogP contribution < -0.4 is 14.8 Å². The number of aromatic nitrogens is 1. The maximum absolute atomic E-state index is 12.4. The molecular weight excluding hydrogens is 328 g/mol. The molecule has 1 amide bonds. The maximum Gasteiger partial charge on any atom is 0.255 e. The Labute approximate surface area is 151 Å². The third-order valence-electron chi connectivity index (χ3n) is 4.18. The zero-order valence-electron chi connectivity index (χ0n) is 14.1. The Hall–Kier alpha value is -3.34. The van der Waals surface area contributed by atoms with E-state index >= 15 is 0 Å². The summed E-state index contributed by atoms with van der Waals surface area (Å²) in [7, 11) is 0. The molecular formula is C21H18N2O3. The molecule has 1 aliphatic rings. The van der Waals surface area contributed by atoms with Crippen LogP contribution in [0.5, 0.6) is 11.6 Å². The minimum Gasteiger partial charge on any atom is -0.493 e. The Balaban J connectivity index is 1.37. The molecule has 1 aliphatic heterocycles. The number of ether oxygens (including phenoxy) is 2. The summed E-state index contributed by atoms with van der Waals surface area (Å²) in [6.45, 7) is 1.13. The molecule has 2 aromatic carbocycles. The smallest absolute Gasteiger partial charge is 0.255 e. The van der Waals surface area contributed by atoms with E-state index in [2.05, 4.69) is 10.3 Å². The van der Waals surface area contributed by atoms with Gasteiger partial charge in [0.2, 0.25) is 5.88 Å². The number of carbonyl (C=O) groups excluding carboxylic acids is 1. The minimum absolute atomic E-state index is 0.167. The summed E-state index contributed by atoms with van der Waals surface area (Å²) in [4.78, 5) is 16.6. The van der Waals surface area contributed by atoms with Gasteiger partial charge in [0.15, 0.2) is 0 Å². The van der Waals surface area contributed by atoms with Crippen LogP contribution in [0.25, 0.3) is 0 Å². The predicted molar refractivity (Wildman–Crippen MR) is 98.6 cm³/mol. The number of hydrogen-bond acceptors (Lipinski definition) is 4. The van der Waals surface area contributed by atoms with Gasteiger partial charge in [-0.05, 0) is 35.4 Å². The third-order valence-corrected chi connectivity index (χ3v) is 4.18. The number of fused-ring (bicyclic) bond motifs is 1. The Kier molecular flexibility index (Phi) is 4.51. The quantitative estimate of drug-likeness (QED) is 0.762. The molecule has 4 rings (SSSR count). The van der Waals surface area contributed by atoms with E-state index in [0.29, 0.717) is 30.3 Å². The van der Waals surface area contributed by atoms with Crippen molar-refractivity contribution < 1.29 is 14.3 Å². The summed E-state index contributed by atoms with van der Waals surface area (Å²) in [6.07, 6.45) is 2.43. The second-order valence-electron chi connectivity index (χ2n) is 6.03. The van der Waals surface area contributed by atoms with Crippen molar-refractivity contribution in [1.29, 1.82) is 0 Å². The van der Waals surface area contributed by atoms with Crippen molar-refractivity contribution in [2.45, 2.75) is 13.0 Å². The number of hydrogen-bond donors (Lipinski definition) is 1. The molecule has 2 heterocycles. The SMILES string of the molecule is O=C(Nc1ccc(OCc2ccccc2)nc1)c1ccc2c(c1)CCO2. The fourth-order valence-electron chi connectivity index (χ4n) is 2.80. The molecule has 0 bridgehead atoms. The van der Waals surface area contributed by atoms with Crippen LogP contribution in [0.3, 0.4) is 0 Å². The lowest BCUT2D eigenvalue weighted by Gasteiger charge is -2.08. The first kappa shape index (κ1) is 16.1. The lowest BCUT2D eigenvalue weighted by atomic mass is 10.1. The van der Waals surface area contributed by atoms with Gasteiger partial charge in [0.1, 0.15) is 12.4 Å². The third kappa shape index (κ3) is 3.67. The molecule has 0 saturated heterocycles. The van der Waals surface area contributed by atoms with Gasteiger partial charge in [-0.15, -0.1) is 0 Å². The zero-order chi connectivity index (χ0) is 17.8. The van der Waals surface area contributed by atoms with Gasteiger partial charge in [0.25, 0.3) is 5.91 Å². The van der Waals surface area contributed by atoms with Crippen LogP contribution in [-0.4, -0.2) is 17.5 Å². The Morgan fingerprint density at radius 1 is 1.12 bits per heavy atom. The van der Waals surface area contributed by atoms with E-state index in [9.17, 15) is 4.79 Å². The lowest BCUT2D eigenvalue weighted by Crippen LogP contribution is -2.12. The standard InChI is InChI=1S/C21H18N2O3/c24-21(17-6-8-19-16(12-17)10-11-25-19)23-18-7-9-20(22-13-18)26-14-15-4-2-1-3-5-15/h1-9,12-13H,10-11,14H2,(H,23,24). The molecule has 0 saturated carbocycles. The van der Waals surface area contributed by atoms with Gasteiger partial charge in [-0.2, -0.15) is 0 Å². The second-order valence-corrected chi connectivity index (χ2v) is 6.03. The number of benzene rings is 2. The highest BCUT2D eigenvalue weighted by Gasteiger charge is 2.15. The van der Waals surface area contributed by atoms with Gasteiger partial charge in [-0.25, -0.2) is 4.98 Å². The minimum atomic E-state index is -0.167. The molecule has 0 aliphatic carbocycles. The molecule has 1 N–H and O–H groups in total. The monoisotopic (exact) mass is 346 g/mol. The highest BCUT2D eigenvalue weighted by molar-refractivity contribution is 6.04. The van der Waals surface area contributed by atoms with Crippen LogP contribution in [0, 0.1) is 0 Å². The number of anilines is 1. The summed E-state index contributed by atoms with van der Waals surface area (Å²) < 4.78 is 11.1. The van der Waals surface area contributed by atoms with Crippen LogP contribution in [-0.2, 0) is 13.0 Å². The largest absolute Gasteiger partial charge is 0.493 e. The molecule has 0 radical (unpaired) electrons. The normalized spacial score (nSPS) is 12.2. The fraction of sp³-hybridized carbons (Fsp3) is 0.143. The number of nitrogens with one attached hydrogen (secondary N) is 1. The summed E-state index contributed by atoms with van der Waals surface area (Å²) in [6, 6.07) is 18.9. The van der Waals surface area contributed by atoms with Gasteiger partial charge >= 0.3 is 0 Å². The average molecular weight is 346 g/mol. The van der Waals surface area contributed by atoms with Crippen molar-refractivity contribution in [2.75, 3.05) is 11.9 Å². The van der Waals surface area contributed by atoms with E-state index in [1.165, 1.54) is 0 Å². The average Bonchev–Trinajstić information content (AvgIpc) is 3.16. The Bertz CT molecular complexity index is 908. The summed E-state index contributed by atoms with van der Waals surface area (Å²) >= 11 is 0. The van der Waals surface area contributed by atoms with Gasteiger partial charge in [-0.1, -0.05) is 30.3 Å². The summed E-state index contributed by atoms with van der Waals surface area (Å²) in [5.41, 5.74) is 3.38. The number of rotatable bonds is 5. The molecule has 0 spiro atoms. The van der Waals surface area contributed by atoms with Gasteiger partial charge in [-0.3, -0.25) is 4.79 Å². The zero-order valence-corrected chi connectivity index (χ0v) is 14.1. The van der Waals surface area contributed by atoms with E-state index in [-0.39, 0.29) is 5.91 Å². The molecule has 26 heavy (non-hydrogen) atoms. The molecule has 0 fully saturated rings. The van der Waals surface area contributed by atoms with Crippen LogP contribution in [0.4, 0.5) is 5.69 Å². The van der Waals surface area contributed by atoms with Gasteiger partial charge < -0.3 is 14.8 Å². The molecule has 1 aromatic heterocycles. The predicted octanol–water partition coefficient (Wildman–Crippen LogP) is 3.85. The molecule has 0 atom stereocenters. The van der Waals surface area contributed by atoms with Crippen LogP contribution in [0.1, 0.15) is 21.5 Å².